The molecule has 1 fully saturated rings. The van der Waals surface area contributed by atoms with E-state index in [1.165, 1.54) is 56.2 Å². The molecule has 112 valence electrons. The summed E-state index contributed by atoms with van der Waals surface area (Å²) in [6, 6.07) is 9.65. The van der Waals surface area contributed by atoms with E-state index in [-0.39, 0.29) is 0 Å². The lowest BCUT2D eigenvalue weighted by atomic mass is 9.82. The number of rotatable bonds is 6. The van der Waals surface area contributed by atoms with Crippen LogP contribution in [0.5, 0.6) is 0 Å². The molecule has 3 atom stereocenters. The molecule has 0 saturated heterocycles. The number of hydrogen-bond donors (Lipinski definition) is 1. The predicted molar refractivity (Wildman–Crippen MR) is 88.0 cm³/mol. The van der Waals surface area contributed by atoms with Crippen molar-refractivity contribution in [2.75, 3.05) is 6.54 Å². The largest absolute Gasteiger partial charge is 0.310 e. The van der Waals surface area contributed by atoms with E-state index in [1.807, 2.05) is 0 Å². The van der Waals surface area contributed by atoms with E-state index >= 15 is 0 Å². The van der Waals surface area contributed by atoms with Crippen molar-refractivity contribution in [1.82, 2.24) is 5.32 Å². The van der Waals surface area contributed by atoms with Crippen LogP contribution in [0, 0.1) is 11.8 Å². The first-order chi connectivity index (χ1) is 9.69. The van der Waals surface area contributed by atoms with Crippen LogP contribution < -0.4 is 5.32 Å². The average molecular weight is 273 g/mol. The van der Waals surface area contributed by atoms with E-state index < -0.39 is 0 Å². The first-order valence-electron chi connectivity index (χ1n) is 8.51. The van der Waals surface area contributed by atoms with Gasteiger partial charge in [0, 0.05) is 6.04 Å². The molecule has 2 rings (SSSR count). The van der Waals surface area contributed by atoms with E-state index in [2.05, 4.69) is 50.4 Å². The second-order valence-electron chi connectivity index (χ2n) is 6.76. The molecule has 3 unspecified atom stereocenters. The summed E-state index contributed by atoms with van der Waals surface area (Å²) in [5, 5.41) is 3.74. The standard InChI is InChI=1S/C19H31N/c1-4-6-17-9-11-19(12-10-17)16(3)20-14-18-8-5-7-15(2)13-18/h9-12,15-16,18,20H,4-8,13-14H2,1-3H3. The molecule has 1 nitrogen and oxygen atoms in total. The molecule has 0 radical (unpaired) electrons. The number of hydrogen-bond acceptors (Lipinski definition) is 1. The molecule has 0 heterocycles. The third kappa shape index (κ3) is 4.63. The smallest absolute Gasteiger partial charge is 0.0291 e. The maximum Gasteiger partial charge on any atom is 0.0291 e. The summed E-state index contributed by atoms with van der Waals surface area (Å²) in [6.45, 7) is 8.12. The molecule has 1 saturated carbocycles. The summed E-state index contributed by atoms with van der Waals surface area (Å²) in [4.78, 5) is 0. The van der Waals surface area contributed by atoms with E-state index in [0.717, 1.165) is 11.8 Å². The van der Waals surface area contributed by atoms with Crippen LogP contribution in [0.3, 0.4) is 0 Å². The van der Waals surface area contributed by atoms with Gasteiger partial charge in [0.25, 0.3) is 0 Å². The van der Waals surface area contributed by atoms with Crippen LogP contribution in [0.2, 0.25) is 0 Å². The highest BCUT2D eigenvalue weighted by Crippen LogP contribution is 2.28. The van der Waals surface area contributed by atoms with Crippen molar-refractivity contribution < 1.29 is 0 Å². The molecule has 0 spiro atoms. The van der Waals surface area contributed by atoms with E-state index in [0.29, 0.717) is 6.04 Å². The Morgan fingerprint density at radius 2 is 1.95 bits per heavy atom. The van der Waals surface area contributed by atoms with Gasteiger partial charge in [-0.15, -0.1) is 0 Å². The Kier molecular flexibility index (Phi) is 6.09. The SMILES string of the molecule is CCCc1ccc(C(C)NCC2CCCC(C)C2)cc1. The molecule has 1 aliphatic carbocycles. The van der Waals surface area contributed by atoms with Crippen LogP contribution in [0.1, 0.15) is 70.0 Å². The quantitative estimate of drug-likeness (QED) is 0.759. The lowest BCUT2D eigenvalue weighted by Crippen LogP contribution is -2.28. The van der Waals surface area contributed by atoms with Crippen LogP contribution in [0.4, 0.5) is 0 Å². The van der Waals surface area contributed by atoms with Crippen molar-refractivity contribution in [3.8, 4) is 0 Å². The fourth-order valence-corrected chi connectivity index (χ4v) is 3.47. The highest BCUT2D eigenvalue weighted by Gasteiger charge is 2.19. The summed E-state index contributed by atoms with van der Waals surface area (Å²) in [6.07, 6.45) is 8.11. The van der Waals surface area contributed by atoms with Gasteiger partial charge in [-0.05, 0) is 55.7 Å². The van der Waals surface area contributed by atoms with Gasteiger partial charge < -0.3 is 5.32 Å². The Morgan fingerprint density at radius 3 is 2.60 bits per heavy atom. The summed E-state index contributed by atoms with van der Waals surface area (Å²) < 4.78 is 0. The third-order valence-electron chi connectivity index (χ3n) is 4.78. The van der Waals surface area contributed by atoms with Crippen molar-refractivity contribution in [1.29, 1.82) is 0 Å². The molecule has 20 heavy (non-hydrogen) atoms. The summed E-state index contributed by atoms with van der Waals surface area (Å²) >= 11 is 0. The summed E-state index contributed by atoms with van der Waals surface area (Å²) in [5.41, 5.74) is 2.89. The van der Waals surface area contributed by atoms with Gasteiger partial charge in [0.2, 0.25) is 0 Å². The third-order valence-corrected chi connectivity index (χ3v) is 4.78. The average Bonchev–Trinajstić information content (AvgIpc) is 2.46. The van der Waals surface area contributed by atoms with Crippen molar-refractivity contribution in [3.63, 3.8) is 0 Å². The Hall–Kier alpha value is -0.820. The lowest BCUT2D eigenvalue weighted by molar-refractivity contribution is 0.268. The molecule has 0 aromatic heterocycles. The van der Waals surface area contributed by atoms with Gasteiger partial charge in [0.1, 0.15) is 0 Å². The fraction of sp³-hybridized carbons (Fsp3) is 0.684. The second kappa shape index (κ2) is 7.83. The number of aryl methyl sites for hydroxylation is 1. The first-order valence-corrected chi connectivity index (χ1v) is 8.51. The minimum atomic E-state index is 0.475. The van der Waals surface area contributed by atoms with Gasteiger partial charge in [-0.1, -0.05) is 57.4 Å². The molecule has 1 aromatic rings. The fourth-order valence-electron chi connectivity index (χ4n) is 3.47. The van der Waals surface area contributed by atoms with Crippen LogP contribution in [0.25, 0.3) is 0 Å². The minimum Gasteiger partial charge on any atom is -0.310 e. The molecular weight excluding hydrogens is 242 g/mol. The maximum atomic E-state index is 3.74. The first kappa shape index (κ1) is 15.6. The molecule has 1 heteroatoms. The van der Waals surface area contributed by atoms with Crippen LogP contribution in [0.15, 0.2) is 24.3 Å². The van der Waals surface area contributed by atoms with Crippen molar-refractivity contribution >= 4 is 0 Å². The molecular formula is C19H31N. The van der Waals surface area contributed by atoms with Gasteiger partial charge >= 0.3 is 0 Å². The maximum absolute atomic E-state index is 3.74. The highest BCUT2D eigenvalue weighted by molar-refractivity contribution is 5.24. The van der Waals surface area contributed by atoms with Crippen LogP contribution in [-0.4, -0.2) is 6.54 Å². The van der Waals surface area contributed by atoms with E-state index in [4.69, 9.17) is 0 Å². The summed E-state index contributed by atoms with van der Waals surface area (Å²) in [5.74, 6) is 1.82. The molecule has 0 aliphatic heterocycles. The van der Waals surface area contributed by atoms with Gasteiger partial charge in [0.15, 0.2) is 0 Å². The predicted octanol–water partition coefficient (Wildman–Crippen LogP) is 5.12. The van der Waals surface area contributed by atoms with Crippen molar-refractivity contribution in [2.45, 2.75) is 65.3 Å². The number of benzene rings is 1. The van der Waals surface area contributed by atoms with Crippen molar-refractivity contribution in [3.05, 3.63) is 35.4 Å². The normalized spacial score (nSPS) is 24.6. The number of nitrogens with one attached hydrogen (secondary N) is 1. The topological polar surface area (TPSA) is 12.0 Å². The zero-order chi connectivity index (χ0) is 14.4. The van der Waals surface area contributed by atoms with Crippen molar-refractivity contribution in [2.24, 2.45) is 11.8 Å². The Bertz CT molecular complexity index is 381. The van der Waals surface area contributed by atoms with Crippen LogP contribution >= 0.6 is 0 Å². The van der Waals surface area contributed by atoms with Gasteiger partial charge in [-0.2, -0.15) is 0 Å². The second-order valence-corrected chi connectivity index (χ2v) is 6.76. The van der Waals surface area contributed by atoms with E-state index in [1.54, 1.807) is 0 Å². The zero-order valence-corrected chi connectivity index (χ0v) is 13.5. The minimum absolute atomic E-state index is 0.475. The van der Waals surface area contributed by atoms with Gasteiger partial charge in [-0.25, -0.2) is 0 Å². The zero-order valence-electron chi connectivity index (χ0n) is 13.5. The highest BCUT2D eigenvalue weighted by atomic mass is 14.9. The summed E-state index contributed by atoms with van der Waals surface area (Å²) in [7, 11) is 0. The van der Waals surface area contributed by atoms with E-state index in [9.17, 15) is 0 Å². The molecule has 0 bridgehead atoms. The monoisotopic (exact) mass is 273 g/mol. The lowest BCUT2D eigenvalue weighted by Gasteiger charge is -2.28. The molecule has 0 amide bonds. The van der Waals surface area contributed by atoms with Gasteiger partial charge in [0.05, 0.1) is 0 Å². The Labute approximate surface area is 125 Å². The molecule has 1 aliphatic rings. The Morgan fingerprint density at radius 1 is 1.20 bits per heavy atom. The Balaban J connectivity index is 1.80. The van der Waals surface area contributed by atoms with Crippen LogP contribution in [-0.2, 0) is 6.42 Å². The molecule has 1 N–H and O–H groups in total. The van der Waals surface area contributed by atoms with Gasteiger partial charge in [-0.3, -0.25) is 0 Å². The molecule has 1 aromatic carbocycles.